The smallest absolute Gasteiger partial charge is 0.337 e. The molecule has 3 rings (SSSR count). The minimum absolute atomic E-state index is 0.202. The molecule has 0 radical (unpaired) electrons. The molecule has 0 spiro atoms. The number of carbonyl (C=O) groups is 1. The van der Waals surface area contributed by atoms with Gasteiger partial charge in [0.25, 0.3) is 0 Å². The number of nitrogens with zero attached hydrogens (tertiary/aromatic N) is 1. The van der Waals surface area contributed by atoms with E-state index in [2.05, 4.69) is 31.0 Å². The zero-order valence-corrected chi connectivity index (χ0v) is 15.4. The number of aryl methyl sites for hydroxylation is 3. The molecule has 1 fully saturated rings. The summed E-state index contributed by atoms with van der Waals surface area (Å²) in [5, 5.41) is 10.4. The predicted octanol–water partition coefficient (Wildman–Crippen LogP) is 4.46. The van der Waals surface area contributed by atoms with Crippen LogP contribution in [0.15, 0.2) is 23.5 Å². The maximum Gasteiger partial charge on any atom is 0.337 e. The van der Waals surface area contributed by atoms with E-state index in [0.29, 0.717) is 12.0 Å². The van der Waals surface area contributed by atoms with E-state index in [1.54, 1.807) is 0 Å². The summed E-state index contributed by atoms with van der Waals surface area (Å²) in [6.07, 6.45) is 7.94. The summed E-state index contributed by atoms with van der Waals surface area (Å²) in [6.45, 7) is 4.23. The first-order valence-electron chi connectivity index (χ1n) is 9.72. The van der Waals surface area contributed by atoms with E-state index in [1.165, 1.54) is 5.56 Å². The molecule has 0 saturated heterocycles. The molecule has 1 unspecified atom stereocenters. The van der Waals surface area contributed by atoms with Crippen molar-refractivity contribution in [2.75, 3.05) is 0 Å². The number of hydrogen-bond donors (Lipinski definition) is 1. The minimum Gasteiger partial charge on any atom is -0.512 e. The zero-order valence-electron chi connectivity index (χ0n) is 15.4. The Morgan fingerprint density at radius 1 is 1.16 bits per heavy atom. The van der Waals surface area contributed by atoms with Gasteiger partial charge in [0.1, 0.15) is 11.9 Å². The molecule has 1 atom stereocenters. The van der Waals surface area contributed by atoms with Crippen LogP contribution in [0.25, 0.3) is 0 Å². The molecule has 2 heterocycles. The molecule has 0 bridgehead atoms. The first kappa shape index (κ1) is 18.0. The van der Waals surface area contributed by atoms with Gasteiger partial charge in [-0.1, -0.05) is 26.7 Å². The number of cyclic esters (lactones) is 1. The van der Waals surface area contributed by atoms with E-state index in [1.807, 2.05) is 0 Å². The summed E-state index contributed by atoms with van der Waals surface area (Å²) in [7, 11) is 0. The molecule has 1 saturated carbocycles. The number of rotatable bonds is 6. The van der Waals surface area contributed by atoms with Crippen LogP contribution in [-0.2, 0) is 28.8 Å². The Hall–Kier alpha value is -1.84. The maximum absolute atomic E-state index is 12.4. The Kier molecular flexibility index (Phi) is 5.77. The summed E-state index contributed by atoms with van der Waals surface area (Å²) >= 11 is 0. The minimum atomic E-state index is -0.293. The van der Waals surface area contributed by atoms with E-state index in [4.69, 9.17) is 4.74 Å². The number of aliphatic hydroxyl groups is 1. The molecule has 1 aliphatic carbocycles. The lowest BCUT2D eigenvalue weighted by atomic mass is 9.91. The molecule has 1 aliphatic heterocycles. The summed E-state index contributed by atoms with van der Waals surface area (Å²) in [5.74, 6) is 0.179. The summed E-state index contributed by atoms with van der Waals surface area (Å²) < 4.78 is 5.64. The van der Waals surface area contributed by atoms with Crippen molar-refractivity contribution in [2.24, 2.45) is 5.92 Å². The van der Waals surface area contributed by atoms with Gasteiger partial charge in [0.15, 0.2) is 0 Å². The predicted molar refractivity (Wildman–Crippen MR) is 97.4 cm³/mol. The van der Waals surface area contributed by atoms with Gasteiger partial charge < -0.3 is 9.84 Å². The number of ether oxygens (including phenoxy) is 1. The average Bonchev–Trinajstić information content (AvgIpc) is 3.13. The zero-order chi connectivity index (χ0) is 17.8. The molecule has 0 amide bonds. The highest BCUT2D eigenvalue weighted by Gasteiger charge is 2.34. The van der Waals surface area contributed by atoms with Crippen molar-refractivity contribution in [1.29, 1.82) is 0 Å². The van der Waals surface area contributed by atoms with Crippen molar-refractivity contribution >= 4 is 5.97 Å². The lowest BCUT2D eigenvalue weighted by Crippen LogP contribution is -2.29. The fourth-order valence-electron chi connectivity index (χ4n) is 4.03. The van der Waals surface area contributed by atoms with Crippen molar-refractivity contribution in [3.8, 4) is 0 Å². The Morgan fingerprint density at radius 2 is 1.80 bits per heavy atom. The van der Waals surface area contributed by atoms with Gasteiger partial charge in [0, 0.05) is 17.8 Å². The van der Waals surface area contributed by atoms with Crippen molar-refractivity contribution in [2.45, 2.75) is 77.7 Å². The average molecular weight is 343 g/mol. The van der Waals surface area contributed by atoms with Gasteiger partial charge in [0.2, 0.25) is 0 Å². The quantitative estimate of drug-likeness (QED) is 0.775. The SMILES string of the molecule is CCc1cc(CCC2CC(O)=C(C3CCCC3)C(=O)O2)cc(CC)n1. The fourth-order valence-corrected chi connectivity index (χ4v) is 4.03. The molecular formula is C21H29NO3. The topological polar surface area (TPSA) is 59.4 Å². The Morgan fingerprint density at radius 3 is 2.36 bits per heavy atom. The second-order valence-electron chi connectivity index (χ2n) is 7.28. The molecule has 0 aromatic carbocycles. The van der Waals surface area contributed by atoms with Gasteiger partial charge in [-0.15, -0.1) is 0 Å². The third-order valence-corrected chi connectivity index (χ3v) is 5.46. The summed E-state index contributed by atoms with van der Waals surface area (Å²) in [4.78, 5) is 17.0. The molecule has 4 nitrogen and oxygen atoms in total. The van der Waals surface area contributed by atoms with Gasteiger partial charge in [-0.05, 0) is 62.1 Å². The first-order valence-corrected chi connectivity index (χ1v) is 9.72. The number of esters is 1. The van der Waals surface area contributed by atoms with E-state index in [-0.39, 0.29) is 23.8 Å². The number of carbonyl (C=O) groups excluding carboxylic acids is 1. The van der Waals surface area contributed by atoms with Crippen LogP contribution in [0.5, 0.6) is 0 Å². The standard InChI is InChI=1S/C21H29NO3/c1-3-16-11-14(12-17(4-2)22-16)9-10-18-13-19(23)20(21(24)25-18)15-7-5-6-8-15/h11-12,15,18,23H,3-10,13H2,1-2H3. The van der Waals surface area contributed by atoms with Crippen LogP contribution in [0.1, 0.15) is 69.3 Å². The highest BCUT2D eigenvalue weighted by Crippen LogP contribution is 2.36. The van der Waals surface area contributed by atoms with Crippen LogP contribution < -0.4 is 0 Å². The van der Waals surface area contributed by atoms with Crippen molar-refractivity contribution in [1.82, 2.24) is 4.98 Å². The fraction of sp³-hybridized carbons (Fsp3) is 0.619. The largest absolute Gasteiger partial charge is 0.512 e. The van der Waals surface area contributed by atoms with Gasteiger partial charge >= 0.3 is 5.97 Å². The van der Waals surface area contributed by atoms with Gasteiger partial charge in [-0.2, -0.15) is 0 Å². The van der Waals surface area contributed by atoms with Crippen molar-refractivity contribution < 1.29 is 14.6 Å². The monoisotopic (exact) mass is 343 g/mol. The number of hydrogen-bond acceptors (Lipinski definition) is 4. The van der Waals surface area contributed by atoms with E-state index in [9.17, 15) is 9.90 Å². The Bertz CT molecular complexity index is 637. The van der Waals surface area contributed by atoms with Crippen LogP contribution >= 0.6 is 0 Å². The van der Waals surface area contributed by atoms with Crippen LogP contribution in [0.3, 0.4) is 0 Å². The molecule has 1 aromatic rings. The van der Waals surface area contributed by atoms with E-state index < -0.39 is 0 Å². The summed E-state index contributed by atoms with van der Waals surface area (Å²) in [5.41, 5.74) is 4.02. The van der Waals surface area contributed by atoms with Crippen molar-refractivity contribution in [3.05, 3.63) is 40.4 Å². The van der Waals surface area contributed by atoms with E-state index >= 15 is 0 Å². The highest BCUT2D eigenvalue weighted by atomic mass is 16.5. The number of aromatic nitrogens is 1. The molecule has 4 heteroatoms. The molecule has 2 aliphatic rings. The lowest BCUT2D eigenvalue weighted by Gasteiger charge is -2.27. The first-order chi connectivity index (χ1) is 12.1. The maximum atomic E-state index is 12.4. The molecule has 136 valence electrons. The van der Waals surface area contributed by atoms with Crippen LogP contribution in [0.2, 0.25) is 0 Å². The van der Waals surface area contributed by atoms with Gasteiger partial charge in [-0.25, -0.2) is 4.79 Å². The van der Waals surface area contributed by atoms with Gasteiger partial charge in [-0.3, -0.25) is 4.98 Å². The lowest BCUT2D eigenvalue weighted by molar-refractivity contribution is -0.147. The van der Waals surface area contributed by atoms with Crippen LogP contribution in [0.4, 0.5) is 0 Å². The Labute approximate surface area is 150 Å². The third kappa shape index (κ3) is 4.23. The number of aliphatic hydroxyl groups excluding tert-OH is 1. The normalized spacial score (nSPS) is 21.7. The molecule has 1 N–H and O–H groups in total. The summed E-state index contributed by atoms with van der Waals surface area (Å²) in [6, 6.07) is 4.28. The molecular weight excluding hydrogens is 314 g/mol. The van der Waals surface area contributed by atoms with Crippen LogP contribution in [-0.4, -0.2) is 22.2 Å². The van der Waals surface area contributed by atoms with Gasteiger partial charge in [0.05, 0.1) is 5.57 Å². The second kappa shape index (κ2) is 8.03. The van der Waals surface area contributed by atoms with E-state index in [0.717, 1.165) is 62.8 Å². The van der Waals surface area contributed by atoms with Crippen LogP contribution in [0, 0.1) is 5.92 Å². The molecule has 1 aromatic heterocycles. The molecule has 25 heavy (non-hydrogen) atoms. The Balaban J connectivity index is 1.64. The number of pyridine rings is 1. The second-order valence-corrected chi connectivity index (χ2v) is 7.28. The third-order valence-electron chi connectivity index (χ3n) is 5.46. The van der Waals surface area contributed by atoms with Crippen molar-refractivity contribution in [3.63, 3.8) is 0 Å². The highest BCUT2D eigenvalue weighted by molar-refractivity contribution is 5.90.